The number of carbonyl (C=O) groups excluding carboxylic acids is 1. The van der Waals surface area contributed by atoms with Gasteiger partial charge in [0.2, 0.25) is 0 Å². The van der Waals surface area contributed by atoms with E-state index < -0.39 is 0 Å². The maximum Gasteiger partial charge on any atom is 0.255 e. The molecule has 0 radical (unpaired) electrons. The predicted octanol–water partition coefficient (Wildman–Crippen LogP) is 6.70. The number of ether oxygens (including phenoxy) is 2. The molecular weight excluding hydrogens is 418 g/mol. The van der Waals surface area contributed by atoms with Crippen molar-refractivity contribution in [3.05, 3.63) is 52.5 Å². The van der Waals surface area contributed by atoms with E-state index in [2.05, 4.69) is 42.0 Å². The Morgan fingerprint density at radius 2 is 1.82 bits per heavy atom. The number of hydrogen-bond acceptors (Lipinski definition) is 3. The van der Waals surface area contributed by atoms with Gasteiger partial charge in [0.1, 0.15) is 11.5 Å². The molecule has 152 valence electrons. The number of rotatable bonds is 11. The average molecular weight is 448 g/mol. The Labute approximate surface area is 176 Å². The van der Waals surface area contributed by atoms with Crippen LogP contribution in [0.5, 0.6) is 11.5 Å². The van der Waals surface area contributed by atoms with Gasteiger partial charge >= 0.3 is 0 Å². The van der Waals surface area contributed by atoms with E-state index in [1.807, 2.05) is 30.3 Å². The second-order valence-electron chi connectivity index (χ2n) is 7.21. The Bertz CT molecular complexity index is 761. The molecular formula is C23H30BrNO3. The van der Waals surface area contributed by atoms with Crippen LogP contribution in [0.3, 0.4) is 0 Å². The lowest BCUT2D eigenvalue weighted by Gasteiger charge is -2.14. The van der Waals surface area contributed by atoms with Crippen molar-refractivity contribution in [3.63, 3.8) is 0 Å². The van der Waals surface area contributed by atoms with Crippen LogP contribution in [0, 0.1) is 5.92 Å². The minimum atomic E-state index is -0.184. The average Bonchev–Trinajstić information content (AvgIpc) is 2.68. The number of benzene rings is 2. The summed E-state index contributed by atoms with van der Waals surface area (Å²) in [5.74, 6) is 1.66. The molecule has 4 nitrogen and oxygen atoms in total. The lowest BCUT2D eigenvalue weighted by atomic mass is 10.2. The van der Waals surface area contributed by atoms with Gasteiger partial charge in [-0.1, -0.05) is 52.2 Å². The zero-order valence-electron chi connectivity index (χ0n) is 17.0. The highest BCUT2D eigenvalue weighted by Gasteiger charge is 2.12. The largest absolute Gasteiger partial charge is 0.492 e. The first kappa shape index (κ1) is 22.3. The van der Waals surface area contributed by atoms with E-state index >= 15 is 0 Å². The van der Waals surface area contributed by atoms with Crippen LogP contribution in [0.2, 0.25) is 0 Å². The Morgan fingerprint density at radius 3 is 2.54 bits per heavy atom. The Balaban J connectivity index is 1.98. The van der Waals surface area contributed by atoms with Crippen LogP contribution < -0.4 is 14.8 Å². The van der Waals surface area contributed by atoms with Gasteiger partial charge in [0.15, 0.2) is 0 Å². The van der Waals surface area contributed by atoms with Crippen molar-refractivity contribution in [2.24, 2.45) is 5.92 Å². The molecule has 0 heterocycles. The minimum absolute atomic E-state index is 0.184. The molecule has 1 amide bonds. The number of para-hydroxylation sites is 2. The summed E-state index contributed by atoms with van der Waals surface area (Å²) >= 11 is 3.51. The van der Waals surface area contributed by atoms with Crippen LogP contribution in [-0.2, 0) is 0 Å². The zero-order chi connectivity index (χ0) is 20.4. The predicted molar refractivity (Wildman–Crippen MR) is 119 cm³/mol. The summed E-state index contributed by atoms with van der Waals surface area (Å²) in [4.78, 5) is 12.7. The number of halogens is 1. The standard InChI is InChI=1S/C23H30BrNO3/c1-4-5-6-9-14-27-21-13-12-18(15-19(21)24)23(26)25-20-10-7-8-11-22(20)28-16-17(2)3/h7-8,10-13,15,17H,4-6,9,14,16H2,1-3H3,(H,25,26). The van der Waals surface area contributed by atoms with Crippen molar-refractivity contribution < 1.29 is 14.3 Å². The summed E-state index contributed by atoms with van der Waals surface area (Å²) in [6.07, 6.45) is 4.65. The minimum Gasteiger partial charge on any atom is -0.492 e. The number of hydrogen-bond donors (Lipinski definition) is 1. The molecule has 28 heavy (non-hydrogen) atoms. The maximum atomic E-state index is 12.7. The molecule has 0 aliphatic rings. The molecule has 0 aliphatic heterocycles. The van der Waals surface area contributed by atoms with Crippen molar-refractivity contribution in [1.82, 2.24) is 0 Å². The highest BCUT2D eigenvalue weighted by atomic mass is 79.9. The van der Waals surface area contributed by atoms with E-state index in [1.165, 1.54) is 19.3 Å². The smallest absolute Gasteiger partial charge is 0.255 e. The highest BCUT2D eigenvalue weighted by Crippen LogP contribution is 2.28. The van der Waals surface area contributed by atoms with Crippen LogP contribution in [0.15, 0.2) is 46.9 Å². The molecule has 1 N–H and O–H groups in total. The Kier molecular flexibility index (Phi) is 9.35. The fraction of sp³-hybridized carbons (Fsp3) is 0.435. The molecule has 0 fully saturated rings. The second kappa shape index (κ2) is 11.7. The first-order valence-electron chi connectivity index (χ1n) is 9.96. The summed E-state index contributed by atoms with van der Waals surface area (Å²) in [5.41, 5.74) is 1.23. The number of unbranched alkanes of at least 4 members (excludes halogenated alkanes) is 3. The van der Waals surface area contributed by atoms with Crippen molar-refractivity contribution in [2.45, 2.75) is 46.5 Å². The van der Waals surface area contributed by atoms with Gasteiger partial charge in [-0.3, -0.25) is 4.79 Å². The van der Waals surface area contributed by atoms with E-state index in [0.717, 1.165) is 16.6 Å². The van der Waals surface area contributed by atoms with E-state index in [4.69, 9.17) is 9.47 Å². The van der Waals surface area contributed by atoms with E-state index in [1.54, 1.807) is 12.1 Å². The molecule has 0 spiro atoms. The van der Waals surface area contributed by atoms with E-state index in [9.17, 15) is 4.79 Å². The number of carbonyl (C=O) groups is 1. The van der Waals surface area contributed by atoms with Gasteiger partial charge in [-0.05, 0) is 58.6 Å². The third-order valence-electron chi connectivity index (χ3n) is 4.16. The van der Waals surface area contributed by atoms with Gasteiger partial charge < -0.3 is 14.8 Å². The molecule has 0 saturated heterocycles. The summed E-state index contributed by atoms with van der Waals surface area (Å²) < 4.78 is 12.4. The maximum absolute atomic E-state index is 12.7. The molecule has 0 unspecified atom stereocenters. The summed E-state index contributed by atoms with van der Waals surface area (Å²) in [7, 11) is 0. The molecule has 2 aromatic carbocycles. The van der Waals surface area contributed by atoms with Crippen LogP contribution >= 0.6 is 15.9 Å². The van der Waals surface area contributed by atoms with Crippen molar-refractivity contribution in [1.29, 1.82) is 0 Å². The third-order valence-corrected chi connectivity index (χ3v) is 4.78. The van der Waals surface area contributed by atoms with E-state index in [0.29, 0.717) is 36.1 Å². The lowest BCUT2D eigenvalue weighted by molar-refractivity contribution is 0.102. The molecule has 2 aromatic rings. The summed E-state index contributed by atoms with van der Waals surface area (Å²) in [5, 5.41) is 2.94. The van der Waals surface area contributed by atoms with Gasteiger partial charge in [-0.15, -0.1) is 0 Å². The molecule has 0 saturated carbocycles. The number of anilines is 1. The highest BCUT2D eigenvalue weighted by molar-refractivity contribution is 9.10. The van der Waals surface area contributed by atoms with Gasteiger partial charge in [0.05, 0.1) is 23.4 Å². The molecule has 0 bridgehead atoms. The molecule has 5 heteroatoms. The quantitative estimate of drug-likeness (QED) is 0.390. The molecule has 0 aromatic heterocycles. The fourth-order valence-electron chi connectivity index (χ4n) is 2.62. The molecule has 2 rings (SSSR count). The second-order valence-corrected chi connectivity index (χ2v) is 8.06. The van der Waals surface area contributed by atoms with Gasteiger partial charge in [-0.2, -0.15) is 0 Å². The van der Waals surface area contributed by atoms with Crippen molar-refractivity contribution in [3.8, 4) is 11.5 Å². The summed E-state index contributed by atoms with van der Waals surface area (Å²) in [6.45, 7) is 7.65. The summed E-state index contributed by atoms with van der Waals surface area (Å²) in [6, 6.07) is 12.9. The van der Waals surface area contributed by atoms with Gasteiger partial charge in [-0.25, -0.2) is 0 Å². The topological polar surface area (TPSA) is 47.6 Å². The van der Waals surface area contributed by atoms with Crippen molar-refractivity contribution in [2.75, 3.05) is 18.5 Å². The Hall–Kier alpha value is -2.01. The first-order valence-corrected chi connectivity index (χ1v) is 10.8. The normalized spacial score (nSPS) is 10.8. The Morgan fingerprint density at radius 1 is 1.04 bits per heavy atom. The van der Waals surface area contributed by atoms with Gasteiger partial charge in [0, 0.05) is 5.56 Å². The third kappa shape index (κ3) is 7.19. The molecule has 0 atom stereocenters. The van der Waals surface area contributed by atoms with Crippen LogP contribution in [0.1, 0.15) is 56.8 Å². The molecule has 0 aliphatic carbocycles. The van der Waals surface area contributed by atoms with Crippen LogP contribution in [0.4, 0.5) is 5.69 Å². The fourth-order valence-corrected chi connectivity index (χ4v) is 3.11. The number of amides is 1. The van der Waals surface area contributed by atoms with Gasteiger partial charge in [0.25, 0.3) is 5.91 Å². The lowest BCUT2D eigenvalue weighted by Crippen LogP contribution is -2.14. The van der Waals surface area contributed by atoms with Crippen LogP contribution in [-0.4, -0.2) is 19.1 Å². The zero-order valence-corrected chi connectivity index (χ0v) is 18.6. The van der Waals surface area contributed by atoms with Crippen molar-refractivity contribution >= 4 is 27.5 Å². The number of nitrogens with one attached hydrogen (secondary N) is 1. The SMILES string of the molecule is CCCCCCOc1ccc(C(=O)Nc2ccccc2OCC(C)C)cc1Br. The van der Waals surface area contributed by atoms with E-state index in [-0.39, 0.29) is 5.91 Å². The van der Waals surface area contributed by atoms with Crippen LogP contribution in [0.25, 0.3) is 0 Å². The monoisotopic (exact) mass is 447 g/mol. The first-order chi connectivity index (χ1) is 13.5.